The Bertz CT molecular complexity index is 537. The largest absolute Gasteiger partial charge is 0.465 e. The number of rotatable bonds is 7. The molecule has 0 aliphatic rings. The molecule has 1 aromatic rings. The first-order valence-corrected chi connectivity index (χ1v) is 8.17. The zero-order chi connectivity index (χ0) is 14.5. The Morgan fingerprint density at radius 2 is 2.11 bits per heavy atom. The average molecular weight is 306 g/mol. The topological polar surface area (TPSA) is 84.5 Å². The predicted molar refractivity (Wildman–Crippen MR) is 74.1 cm³/mol. The molecule has 0 atom stereocenters. The molecule has 0 aromatic carbocycles. The molecular weight excluding hydrogens is 288 g/mol. The van der Waals surface area contributed by atoms with Gasteiger partial charge < -0.3 is 10.1 Å². The molecule has 2 N–H and O–H groups in total. The molecule has 0 aliphatic heterocycles. The molecule has 0 aliphatic carbocycles. The summed E-state index contributed by atoms with van der Waals surface area (Å²) >= 11 is 1.07. The van der Waals surface area contributed by atoms with E-state index in [4.69, 9.17) is 0 Å². The number of methoxy groups -OCH3 is 1. The maximum Gasteiger partial charge on any atom is 0.349 e. The zero-order valence-corrected chi connectivity index (χ0v) is 12.8. The van der Waals surface area contributed by atoms with Gasteiger partial charge in [0, 0.05) is 13.1 Å². The van der Waals surface area contributed by atoms with Crippen LogP contribution in [0, 0.1) is 6.92 Å². The van der Waals surface area contributed by atoms with Crippen LogP contribution in [0.25, 0.3) is 0 Å². The maximum absolute atomic E-state index is 12.2. The number of nitrogens with one attached hydrogen (secondary N) is 2. The molecule has 0 saturated carbocycles. The summed E-state index contributed by atoms with van der Waals surface area (Å²) in [5.41, 5.74) is 0.543. The van der Waals surface area contributed by atoms with E-state index < -0.39 is 16.0 Å². The first kappa shape index (κ1) is 16.1. The van der Waals surface area contributed by atoms with E-state index in [1.807, 2.05) is 6.92 Å². The molecule has 108 valence electrons. The summed E-state index contributed by atoms with van der Waals surface area (Å²) in [7, 11) is -2.47. The van der Waals surface area contributed by atoms with Crippen molar-refractivity contribution in [2.75, 3.05) is 26.7 Å². The second-order valence-electron chi connectivity index (χ2n) is 3.82. The summed E-state index contributed by atoms with van der Waals surface area (Å²) in [5.74, 6) is -0.634. The molecule has 0 fully saturated rings. The van der Waals surface area contributed by atoms with Crippen LogP contribution < -0.4 is 10.0 Å². The fraction of sp³-hybridized carbons (Fsp3) is 0.545. The average Bonchev–Trinajstić information content (AvgIpc) is 2.76. The summed E-state index contributed by atoms with van der Waals surface area (Å²) in [6, 6.07) is 0. The highest BCUT2D eigenvalue weighted by atomic mass is 32.2. The minimum atomic E-state index is -3.69. The van der Waals surface area contributed by atoms with E-state index in [1.54, 1.807) is 12.3 Å². The second kappa shape index (κ2) is 6.99. The fourth-order valence-electron chi connectivity index (χ4n) is 1.52. The van der Waals surface area contributed by atoms with Gasteiger partial charge in [0.1, 0.15) is 9.77 Å². The lowest BCUT2D eigenvalue weighted by atomic mass is 10.3. The van der Waals surface area contributed by atoms with Crippen molar-refractivity contribution in [1.29, 1.82) is 0 Å². The number of hydrogen-bond acceptors (Lipinski definition) is 6. The third-order valence-corrected chi connectivity index (χ3v) is 5.26. The SMILES string of the molecule is CCNCCNS(=O)(=O)c1c(C)csc1C(=O)OC. The van der Waals surface area contributed by atoms with Crippen molar-refractivity contribution in [3.63, 3.8) is 0 Å². The van der Waals surface area contributed by atoms with Crippen molar-refractivity contribution in [3.8, 4) is 0 Å². The Kier molecular flexibility index (Phi) is 5.92. The minimum Gasteiger partial charge on any atom is -0.465 e. The van der Waals surface area contributed by atoms with Gasteiger partial charge in [0.15, 0.2) is 0 Å². The van der Waals surface area contributed by atoms with Gasteiger partial charge in [0.2, 0.25) is 10.0 Å². The summed E-state index contributed by atoms with van der Waals surface area (Å²) in [5, 5.41) is 4.64. The summed E-state index contributed by atoms with van der Waals surface area (Å²) in [4.78, 5) is 11.7. The molecular formula is C11H18N2O4S2. The summed E-state index contributed by atoms with van der Waals surface area (Å²) in [6.07, 6.45) is 0. The highest BCUT2D eigenvalue weighted by Gasteiger charge is 2.26. The molecule has 0 unspecified atom stereocenters. The molecule has 0 saturated heterocycles. The van der Waals surface area contributed by atoms with Crippen molar-refractivity contribution < 1.29 is 17.9 Å². The molecule has 6 nitrogen and oxygen atoms in total. The van der Waals surface area contributed by atoms with Gasteiger partial charge in [0.05, 0.1) is 7.11 Å². The fourth-order valence-corrected chi connectivity index (χ4v) is 4.26. The first-order chi connectivity index (χ1) is 8.94. The van der Waals surface area contributed by atoms with Crippen LogP contribution in [-0.4, -0.2) is 41.1 Å². The van der Waals surface area contributed by atoms with E-state index >= 15 is 0 Å². The van der Waals surface area contributed by atoms with E-state index in [-0.39, 0.29) is 16.3 Å². The Labute approximate surface area is 117 Å². The van der Waals surface area contributed by atoms with Crippen molar-refractivity contribution in [1.82, 2.24) is 10.0 Å². The number of ether oxygens (including phenoxy) is 1. The van der Waals surface area contributed by atoms with Crippen LogP contribution in [0.5, 0.6) is 0 Å². The van der Waals surface area contributed by atoms with Crippen molar-refractivity contribution in [2.45, 2.75) is 18.7 Å². The highest BCUT2D eigenvalue weighted by molar-refractivity contribution is 7.89. The van der Waals surface area contributed by atoms with Gasteiger partial charge in [-0.1, -0.05) is 6.92 Å². The van der Waals surface area contributed by atoms with Gasteiger partial charge in [-0.25, -0.2) is 17.9 Å². The van der Waals surface area contributed by atoms with Gasteiger partial charge in [-0.3, -0.25) is 0 Å². The first-order valence-electron chi connectivity index (χ1n) is 5.80. The minimum absolute atomic E-state index is 0.0147. The van der Waals surface area contributed by atoms with Crippen LogP contribution in [0.15, 0.2) is 10.3 Å². The van der Waals surface area contributed by atoms with Crippen LogP contribution in [0.3, 0.4) is 0 Å². The number of sulfonamides is 1. The number of thiophene rings is 1. The predicted octanol–water partition coefficient (Wildman–Crippen LogP) is 0.731. The standard InChI is InChI=1S/C11H18N2O4S2/c1-4-12-5-6-13-19(15,16)10-8(2)7-18-9(10)11(14)17-3/h7,12-13H,4-6H2,1-3H3. The molecule has 0 radical (unpaired) electrons. The molecule has 0 bridgehead atoms. The quantitative estimate of drug-likeness (QED) is 0.573. The van der Waals surface area contributed by atoms with Gasteiger partial charge in [-0.05, 0) is 24.4 Å². The van der Waals surface area contributed by atoms with E-state index in [1.165, 1.54) is 7.11 Å². The Morgan fingerprint density at radius 1 is 1.42 bits per heavy atom. The van der Waals surface area contributed by atoms with Crippen molar-refractivity contribution >= 4 is 27.3 Å². The van der Waals surface area contributed by atoms with E-state index in [2.05, 4.69) is 14.8 Å². The molecule has 1 heterocycles. The van der Waals surface area contributed by atoms with Crippen LogP contribution in [0.1, 0.15) is 22.2 Å². The lowest BCUT2D eigenvalue weighted by Crippen LogP contribution is -2.32. The molecule has 1 aromatic heterocycles. The normalized spacial score (nSPS) is 11.5. The lowest BCUT2D eigenvalue weighted by Gasteiger charge is -2.08. The van der Waals surface area contributed by atoms with E-state index in [0.717, 1.165) is 17.9 Å². The van der Waals surface area contributed by atoms with Crippen LogP contribution in [0.2, 0.25) is 0 Å². The number of likely N-dealkylation sites (N-methyl/N-ethyl adjacent to an activating group) is 1. The van der Waals surface area contributed by atoms with Crippen molar-refractivity contribution in [2.24, 2.45) is 0 Å². The lowest BCUT2D eigenvalue weighted by molar-refractivity contribution is 0.0602. The van der Waals surface area contributed by atoms with Gasteiger partial charge in [-0.2, -0.15) is 0 Å². The van der Waals surface area contributed by atoms with Crippen molar-refractivity contribution in [3.05, 3.63) is 15.8 Å². The third-order valence-electron chi connectivity index (χ3n) is 2.40. The Hall–Kier alpha value is -0.960. The van der Waals surface area contributed by atoms with Crippen LogP contribution in [-0.2, 0) is 14.8 Å². The molecule has 0 amide bonds. The number of carbonyl (C=O) groups is 1. The van der Waals surface area contributed by atoms with Gasteiger partial charge in [-0.15, -0.1) is 11.3 Å². The molecule has 1 rings (SSSR count). The molecule has 8 heteroatoms. The highest BCUT2D eigenvalue weighted by Crippen LogP contribution is 2.27. The number of esters is 1. The van der Waals surface area contributed by atoms with E-state index in [9.17, 15) is 13.2 Å². The summed E-state index contributed by atoms with van der Waals surface area (Å²) < 4.78 is 31.4. The Morgan fingerprint density at radius 3 is 2.68 bits per heavy atom. The molecule has 0 spiro atoms. The Balaban J connectivity index is 2.94. The second-order valence-corrected chi connectivity index (χ2v) is 6.40. The van der Waals surface area contributed by atoms with E-state index in [0.29, 0.717) is 12.1 Å². The van der Waals surface area contributed by atoms with Gasteiger partial charge in [0.25, 0.3) is 0 Å². The number of carbonyl (C=O) groups excluding carboxylic acids is 1. The monoisotopic (exact) mass is 306 g/mol. The zero-order valence-electron chi connectivity index (χ0n) is 11.1. The van der Waals surface area contributed by atoms with Crippen LogP contribution >= 0.6 is 11.3 Å². The van der Waals surface area contributed by atoms with Gasteiger partial charge >= 0.3 is 5.97 Å². The number of hydrogen-bond donors (Lipinski definition) is 2. The molecule has 19 heavy (non-hydrogen) atoms. The third kappa shape index (κ3) is 4.00. The number of aryl methyl sites for hydroxylation is 1. The summed E-state index contributed by atoms with van der Waals surface area (Å²) in [6.45, 7) is 5.17. The smallest absolute Gasteiger partial charge is 0.349 e. The van der Waals surface area contributed by atoms with Crippen LogP contribution in [0.4, 0.5) is 0 Å². The maximum atomic E-state index is 12.2.